The van der Waals surface area contributed by atoms with Crippen molar-refractivity contribution in [1.82, 2.24) is 9.78 Å². The highest BCUT2D eigenvalue weighted by Crippen LogP contribution is 2.07. The third-order valence-electron chi connectivity index (χ3n) is 2.73. The number of nitrogens with zero attached hydrogens (tertiary/aromatic N) is 2. The van der Waals surface area contributed by atoms with Gasteiger partial charge >= 0.3 is 0 Å². The largest absolute Gasteiger partial charge is 0.382 e. The summed E-state index contributed by atoms with van der Waals surface area (Å²) in [5.74, 6) is 0. The van der Waals surface area contributed by atoms with Crippen LogP contribution in [-0.2, 0) is 28.9 Å². The minimum Gasteiger partial charge on any atom is -0.382 e. The zero-order chi connectivity index (χ0) is 12.5. The smallest absolute Gasteiger partial charge is 0.0700 e. The highest BCUT2D eigenvalue weighted by Gasteiger charge is 2.04. The lowest BCUT2D eigenvalue weighted by Crippen LogP contribution is -2.09. The molecule has 0 saturated heterocycles. The van der Waals surface area contributed by atoms with E-state index in [1.807, 2.05) is 0 Å². The molecule has 0 aliphatic carbocycles. The maximum atomic E-state index is 5.44. The van der Waals surface area contributed by atoms with E-state index in [9.17, 15) is 0 Å². The molecule has 0 unspecified atom stereocenters. The van der Waals surface area contributed by atoms with Crippen molar-refractivity contribution in [3.8, 4) is 0 Å². The van der Waals surface area contributed by atoms with Gasteiger partial charge in [0.25, 0.3) is 0 Å². The number of hydrogen-bond acceptors (Lipinski definition) is 3. The second-order valence-electron chi connectivity index (χ2n) is 4.02. The normalized spacial score (nSPS) is 11.0. The first-order valence-corrected chi connectivity index (χ1v) is 6.44. The maximum Gasteiger partial charge on any atom is 0.0700 e. The van der Waals surface area contributed by atoms with E-state index in [-0.39, 0.29) is 0 Å². The van der Waals surface area contributed by atoms with Crippen LogP contribution in [0, 0.1) is 0 Å². The Morgan fingerprint density at radius 2 is 2.00 bits per heavy atom. The first kappa shape index (κ1) is 14.2. The Morgan fingerprint density at radius 3 is 2.65 bits per heavy atom. The molecule has 0 aliphatic rings. The summed E-state index contributed by atoms with van der Waals surface area (Å²) in [5, 5.41) is 4.57. The Bertz CT molecular complexity index is 310. The van der Waals surface area contributed by atoms with E-state index in [0.29, 0.717) is 13.2 Å². The molecule has 0 aliphatic heterocycles. The molecule has 0 N–H and O–H groups in total. The Labute approximate surface area is 104 Å². The van der Waals surface area contributed by atoms with Gasteiger partial charge in [-0.1, -0.05) is 13.8 Å². The van der Waals surface area contributed by atoms with Crippen LogP contribution in [0.25, 0.3) is 0 Å². The molecule has 0 fully saturated rings. The fraction of sp³-hybridized carbons (Fsp3) is 0.769. The lowest BCUT2D eigenvalue weighted by atomic mass is 10.2. The fourth-order valence-corrected chi connectivity index (χ4v) is 1.73. The standard InChI is InChI=1S/C13H24N2O2/c1-4-12-11-13(5-2)15(14-12)7-6-8-17-10-9-16-3/h11H,4-10H2,1-3H3. The average Bonchev–Trinajstić information content (AvgIpc) is 2.76. The van der Waals surface area contributed by atoms with Gasteiger partial charge < -0.3 is 9.47 Å². The van der Waals surface area contributed by atoms with E-state index >= 15 is 0 Å². The Balaban J connectivity index is 2.28. The summed E-state index contributed by atoms with van der Waals surface area (Å²) in [5.41, 5.74) is 2.50. The topological polar surface area (TPSA) is 36.3 Å². The monoisotopic (exact) mass is 240 g/mol. The van der Waals surface area contributed by atoms with Crippen molar-refractivity contribution in [2.45, 2.75) is 39.7 Å². The molecule has 1 aromatic rings. The van der Waals surface area contributed by atoms with E-state index in [1.165, 1.54) is 11.4 Å². The molecule has 0 radical (unpaired) electrons. The molecule has 4 heteroatoms. The van der Waals surface area contributed by atoms with Crippen LogP contribution in [0.1, 0.15) is 31.7 Å². The minimum atomic E-state index is 0.669. The molecule has 4 nitrogen and oxygen atoms in total. The van der Waals surface area contributed by atoms with Crippen LogP contribution in [0.15, 0.2) is 6.07 Å². The van der Waals surface area contributed by atoms with Crippen LogP contribution in [-0.4, -0.2) is 36.7 Å². The summed E-state index contributed by atoms with van der Waals surface area (Å²) >= 11 is 0. The molecule has 1 aromatic heterocycles. The number of methoxy groups -OCH3 is 1. The highest BCUT2D eigenvalue weighted by molar-refractivity contribution is 5.10. The van der Waals surface area contributed by atoms with Crippen molar-refractivity contribution >= 4 is 0 Å². The third-order valence-corrected chi connectivity index (χ3v) is 2.73. The summed E-state index contributed by atoms with van der Waals surface area (Å²) in [6.45, 7) is 7.37. The second-order valence-corrected chi connectivity index (χ2v) is 4.02. The highest BCUT2D eigenvalue weighted by atomic mass is 16.5. The van der Waals surface area contributed by atoms with Gasteiger partial charge in [0.2, 0.25) is 0 Å². The Hall–Kier alpha value is -0.870. The predicted molar refractivity (Wildman–Crippen MR) is 68.3 cm³/mol. The number of ether oxygens (including phenoxy) is 2. The Kier molecular flexibility index (Phi) is 6.89. The maximum absolute atomic E-state index is 5.44. The minimum absolute atomic E-state index is 0.669. The number of aromatic nitrogens is 2. The van der Waals surface area contributed by atoms with E-state index < -0.39 is 0 Å². The summed E-state index contributed by atoms with van der Waals surface area (Å²) in [6, 6.07) is 2.20. The van der Waals surface area contributed by atoms with E-state index in [1.54, 1.807) is 7.11 Å². The van der Waals surface area contributed by atoms with Gasteiger partial charge in [-0.3, -0.25) is 4.68 Å². The van der Waals surface area contributed by atoms with Gasteiger partial charge in [0, 0.05) is 26.0 Å². The molecule has 17 heavy (non-hydrogen) atoms. The molecule has 98 valence electrons. The van der Waals surface area contributed by atoms with Crippen molar-refractivity contribution in [3.05, 3.63) is 17.5 Å². The van der Waals surface area contributed by atoms with Gasteiger partial charge in [0.15, 0.2) is 0 Å². The SMILES string of the molecule is CCc1cc(CC)n(CCCOCCOC)n1. The lowest BCUT2D eigenvalue weighted by molar-refractivity contribution is 0.0676. The van der Waals surface area contributed by atoms with Gasteiger partial charge in [-0.05, 0) is 25.3 Å². The first-order chi connectivity index (χ1) is 8.31. The molecule has 0 aromatic carbocycles. The molecule has 1 rings (SSSR count). The molecule has 1 heterocycles. The first-order valence-electron chi connectivity index (χ1n) is 6.44. The van der Waals surface area contributed by atoms with Crippen molar-refractivity contribution in [2.24, 2.45) is 0 Å². The second kappa shape index (κ2) is 8.25. The van der Waals surface area contributed by atoms with E-state index in [2.05, 4.69) is 29.7 Å². The average molecular weight is 240 g/mol. The van der Waals surface area contributed by atoms with Crippen LogP contribution < -0.4 is 0 Å². The van der Waals surface area contributed by atoms with Gasteiger partial charge in [0.05, 0.1) is 18.9 Å². The third kappa shape index (κ3) is 4.88. The van der Waals surface area contributed by atoms with Crippen molar-refractivity contribution in [1.29, 1.82) is 0 Å². The lowest BCUT2D eigenvalue weighted by Gasteiger charge is -2.06. The molecule has 0 amide bonds. The molecule has 0 atom stereocenters. The van der Waals surface area contributed by atoms with Gasteiger partial charge in [0.1, 0.15) is 0 Å². The predicted octanol–water partition coefficient (Wildman–Crippen LogP) is 2.06. The molecule has 0 saturated carbocycles. The number of rotatable bonds is 9. The summed E-state index contributed by atoms with van der Waals surface area (Å²) in [7, 11) is 1.69. The van der Waals surface area contributed by atoms with Crippen molar-refractivity contribution in [3.63, 3.8) is 0 Å². The van der Waals surface area contributed by atoms with E-state index in [4.69, 9.17) is 9.47 Å². The zero-order valence-electron chi connectivity index (χ0n) is 11.2. The number of aryl methyl sites for hydroxylation is 3. The van der Waals surface area contributed by atoms with Gasteiger partial charge in [-0.15, -0.1) is 0 Å². The Morgan fingerprint density at radius 1 is 1.18 bits per heavy atom. The molecular weight excluding hydrogens is 216 g/mol. The fourth-order valence-electron chi connectivity index (χ4n) is 1.73. The van der Waals surface area contributed by atoms with Crippen LogP contribution in [0.2, 0.25) is 0 Å². The van der Waals surface area contributed by atoms with Crippen LogP contribution >= 0.6 is 0 Å². The van der Waals surface area contributed by atoms with Crippen LogP contribution in [0.3, 0.4) is 0 Å². The molecular formula is C13H24N2O2. The molecule has 0 spiro atoms. The molecule has 0 bridgehead atoms. The quantitative estimate of drug-likeness (QED) is 0.620. The summed E-state index contributed by atoms with van der Waals surface area (Å²) in [6.07, 6.45) is 3.05. The summed E-state index contributed by atoms with van der Waals surface area (Å²) < 4.78 is 12.5. The van der Waals surface area contributed by atoms with Crippen LogP contribution in [0.4, 0.5) is 0 Å². The van der Waals surface area contributed by atoms with Crippen molar-refractivity contribution < 1.29 is 9.47 Å². The van der Waals surface area contributed by atoms with E-state index in [0.717, 1.165) is 32.4 Å². The van der Waals surface area contributed by atoms with Gasteiger partial charge in [-0.2, -0.15) is 5.10 Å². The summed E-state index contributed by atoms with van der Waals surface area (Å²) in [4.78, 5) is 0. The zero-order valence-corrected chi connectivity index (χ0v) is 11.2. The van der Waals surface area contributed by atoms with Crippen LogP contribution in [0.5, 0.6) is 0 Å². The number of hydrogen-bond donors (Lipinski definition) is 0. The van der Waals surface area contributed by atoms with Crippen molar-refractivity contribution in [2.75, 3.05) is 26.9 Å². The van der Waals surface area contributed by atoms with Gasteiger partial charge in [-0.25, -0.2) is 0 Å².